The zero-order chi connectivity index (χ0) is 16.0. The molecular formula is C17H12N2O3S. The third kappa shape index (κ3) is 2.19. The van der Waals surface area contributed by atoms with Crippen LogP contribution in [0.2, 0.25) is 0 Å². The SMILES string of the molecule is O=C1CS(=O)(=O)N(c2cnc3ccccc3c2)c2ccccc21. The first-order valence-electron chi connectivity index (χ1n) is 7.06. The molecule has 23 heavy (non-hydrogen) atoms. The summed E-state index contributed by atoms with van der Waals surface area (Å²) in [6, 6.07) is 16.0. The first-order chi connectivity index (χ1) is 11.1. The molecule has 4 rings (SSSR count). The number of carbonyl (C=O) groups excluding carboxylic acids is 1. The van der Waals surface area contributed by atoms with Gasteiger partial charge in [0.15, 0.2) is 5.78 Å². The molecule has 0 aliphatic carbocycles. The van der Waals surface area contributed by atoms with Crippen LogP contribution in [0.15, 0.2) is 60.8 Å². The van der Waals surface area contributed by atoms with E-state index in [-0.39, 0.29) is 5.78 Å². The Kier molecular flexibility index (Phi) is 2.96. The van der Waals surface area contributed by atoms with Crippen LogP contribution in [0.5, 0.6) is 0 Å². The Morgan fingerprint density at radius 3 is 2.61 bits per heavy atom. The van der Waals surface area contributed by atoms with Crippen molar-refractivity contribution in [2.24, 2.45) is 0 Å². The maximum Gasteiger partial charge on any atom is 0.247 e. The number of carbonyl (C=O) groups is 1. The highest BCUT2D eigenvalue weighted by molar-refractivity contribution is 7.94. The lowest BCUT2D eigenvalue weighted by atomic mass is 10.1. The monoisotopic (exact) mass is 324 g/mol. The third-order valence-electron chi connectivity index (χ3n) is 3.83. The highest BCUT2D eigenvalue weighted by Gasteiger charge is 2.35. The Labute approximate surface area is 133 Å². The number of sulfonamides is 1. The molecule has 0 radical (unpaired) electrons. The molecule has 1 aliphatic rings. The third-order valence-corrected chi connectivity index (χ3v) is 5.42. The fourth-order valence-corrected chi connectivity index (χ4v) is 4.31. The van der Waals surface area contributed by atoms with Crippen molar-refractivity contribution < 1.29 is 13.2 Å². The summed E-state index contributed by atoms with van der Waals surface area (Å²) in [5.74, 6) is -0.915. The number of nitrogens with zero attached hydrogens (tertiary/aromatic N) is 2. The maximum atomic E-state index is 12.6. The second-order valence-corrected chi connectivity index (χ2v) is 7.16. The minimum atomic E-state index is -3.76. The van der Waals surface area contributed by atoms with Crippen molar-refractivity contribution in [3.63, 3.8) is 0 Å². The fourth-order valence-electron chi connectivity index (χ4n) is 2.81. The van der Waals surface area contributed by atoms with Crippen LogP contribution in [0.1, 0.15) is 10.4 Å². The molecule has 0 N–H and O–H groups in total. The van der Waals surface area contributed by atoms with E-state index < -0.39 is 15.8 Å². The Morgan fingerprint density at radius 2 is 1.74 bits per heavy atom. The van der Waals surface area contributed by atoms with E-state index in [1.165, 1.54) is 10.5 Å². The molecule has 1 aromatic heterocycles. The van der Waals surface area contributed by atoms with Gasteiger partial charge in [0.05, 0.1) is 23.1 Å². The van der Waals surface area contributed by atoms with Crippen LogP contribution in [-0.4, -0.2) is 24.9 Å². The van der Waals surface area contributed by atoms with Gasteiger partial charge in [-0.2, -0.15) is 0 Å². The number of fused-ring (bicyclic) bond motifs is 2. The van der Waals surface area contributed by atoms with Gasteiger partial charge in [0.25, 0.3) is 0 Å². The Hall–Kier alpha value is -2.73. The molecule has 0 saturated heterocycles. The van der Waals surface area contributed by atoms with Crippen LogP contribution in [0, 0.1) is 0 Å². The molecule has 5 nitrogen and oxygen atoms in total. The van der Waals surface area contributed by atoms with Gasteiger partial charge in [0, 0.05) is 10.9 Å². The fraction of sp³-hybridized carbons (Fsp3) is 0.0588. The van der Waals surface area contributed by atoms with Crippen molar-refractivity contribution in [3.05, 3.63) is 66.4 Å². The molecule has 3 aromatic rings. The van der Waals surface area contributed by atoms with Gasteiger partial charge in [-0.3, -0.25) is 9.78 Å². The van der Waals surface area contributed by atoms with E-state index in [0.717, 1.165) is 10.9 Å². The Morgan fingerprint density at radius 1 is 1.00 bits per heavy atom. The summed E-state index contributed by atoms with van der Waals surface area (Å²) in [5.41, 5.74) is 2.01. The van der Waals surface area contributed by atoms with Crippen molar-refractivity contribution in [2.75, 3.05) is 10.1 Å². The maximum absolute atomic E-state index is 12.6. The molecule has 0 amide bonds. The molecule has 6 heteroatoms. The number of Topliss-reactive ketones (excluding diaryl/α,β-unsaturated/α-hetero) is 1. The molecule has 114 valence electrons. The van der Waals surface area contributed by atoms with Gasteiger partial charge in [-0.15, -0.1) is 0 Å². The molecule has 0 spiro atoms. The predicted octanol–water partition coefficient (Wildman–Crippen LogP) is 2.90. The van der Waals surface area contributed by atoms with Gasteiger partial charge < -0.3 is 0 Å². The van der Waals surface area contributed by atoms with Crippen LogP contribution in [0.3, 0.4) is 0 Å². The highest BCUT2D eigenvalue weighted by Crippen LogP contribution is 2.36. The van der Waals surface area contributed by atoms with Crippen LogP contribution in [0.4, 0.5) is 11.4 Å². The minimum absolute atomic E-state index is 0.376. The van der Waals surface area contributed by atoms with Crippen molar-refractivity contribution in [1.29, 1.82) is 0 Å². The summed E-state index contributed by atoms with van der Waals surface area (Å²) in [4.78, 5) is 16.4. The topological polar surface area (TPSA) is 67.3 Å². The summed E-state index contributed by atoms with van der Waals surface area (Å²) in [5, 5.41) is 0.842. The zero-order valence-corrected chi connectivity index (χ0v) is 12.8. The van der Waals surface area contributed by atoms with Crippen molar-refractivity contribution >= 4 is 38.1 Å². The number of ketones is 1. The summed E-state index contributed by atoms with van der Waals surface area (Å²) in [7, 11) is -3.76. The molecule has 0 bridgehead atoms. The van der Waals surface area contributed by atoms with Crippen molar-refractivity contribution in [2.45, 2.75) is 0 Å². The van der Waals surface area contributed by atoms with Gasteiger partial charge in [-0.05, 0) is 24.3 Å². The minimum Gasteiger partial charge on any atom is -0.293 e. The lowest BCUT2D eigenvalue weighted by molar-refractivity contribution is 0.102. The van der Waals surface area contributed by atoms with E-state index >= 15 is 0 Å². The van der Waals surface area contributed by atoms with Crippen LogP contribution in [-0.2, 0) is 10.0 Å². The van der Waals surface area contributed by atoms with Crippen molar-refractivity contribution in [3.8, 4) is 0 Å². The summed E-state index contributed by atoms with van der Waals surface area (Å²) in [6.07, 6.45) is 1.52. The second-order valence-electron chi connectivity index (χ2n) is 5.35. The molecule has 0 atom stereocenters. The summed E-state index contributed by atoms with van der Waals surface area (Å²) in [6.45, 7) is 0. The number of rotatable bonds is 1. The van der Waals surface area contributed by atoms with Crippen molar-refractivity contribution in [1.82, 2.24) is 4.98 Å². The first kappa shape index (κ1) is 13.9. The molecule has 1 aliphatic heterocycles. The highest BCUT2D eigenvalue weighted by atomic mass is 32.2. The van der Waals surface area contributed by atoms with Crippen LogP contribution < -0.4 is 4.31 Å². The molecule has 2 aromatic carbocycles. The number of pyridine rings is 1. The van der Waals surface area contributed by atoms with Crippen LogP contribution >= 0.6 is 0 Å². The van der Waals surface area contributed by atoms with E-state index in [9.17, 15) is 13.2 Å². The van der Waals surface area contributed by atoms with E-state index in [1.54, 1.807) is 30.3 Å². The number of para-hydroxylation sites is 2. The molecule has 0 unspecified atom stereocenters. The molecule has 0 fully saturated rings. The van der Waals surface area contributed by atoms with E-state index in [1.807, 2.05) is 24.3 Å². The Balaban J connectivity index is 1.98. The average molecular weight is 324 g/mol. The summed E-state index contributed by atoms with van der Waals surface area (Å²) < 4.78 is 26.3. The van der Waals surface area contributed by atoms with Gasteiger partial charge in [-0.25, -0.2) is 12.7 Å². The lowest BCUT2D eigenvalue weighted by Gasteiger charge is -2.29. The van der Waals surface area contributed by atoms with Gasteiger partial charge in [-0.1, -0.05) is 30.3 Å². The van der Waals surface area contributed by atoms with Gasteiger partial charge in [0.2, 0.25) is 10.0 Å². The Bertz CT molecular complexity index is 1040. The van der Waals surface area contributed by atoms with E-state index in [0.29, 0.717) is 16.9 Å². The smallest absolute Gasteiger partial charge is 0.247 e. The average Bonchev–Trinajstić information content (AvgIpc) is 2.54. The number of anilines is 2. The van der Waals surface area contributed by atoms with E-state index in [4.69, 9.17) is 0 Å². The van der Waals surface area contributed by atoms with E-state index in [2.05, 4.69) is 4.98 Å². The van der Waals surface area contributed by atoms with Gasteiger partial charge >= 0.3 is 0 Å². The summed E-state index contributed by atoms with van der Waals surface area (Å²) >= 11 is 0. The van der Waals surface area contributed by atoms with Crippen LogP contribution in [0.25, 0.3) is 10.9 Å². The first-order valence-corrected chi connectivity index (χ1v) is 8.67. The number of benzene rings is 2. The number of aromatic nitrogens is 1. The molecule has 2 heterocycles. The largest absolute Gasteiger partial charge is 0.293 e. The normalized spacial score (nSPS) is 16.3. The van der Waals surface area contributed by atoms with Gasteiger partial charge in [0.1, 0.15) is 5.75 Å². The second kappa shape index (κ2) is 4.89. The quantitative estimate of drug-likeness (QED) is 0.690. The predicted molar refractivity (Wildman–Crippen MR) is 88.4 cm³/mol. The zero-order valence-electron chi connectivity index (χ0n) is 12.0. The lowest BCUT2D eigenvalue weighted by Crippen LogP contribution is -2.37. The number of hydrogen-bond donors (Lipinski definition) is 0. The standard InChI is InChI=1S/C17H12N2O3S/c20-17-11-23(21,22)19(16-8-4-2-6-14(16)17)13-9-12-5-1-3-7-15(12)18-10-13/h1-10H,11H2. The number of hydrogen-bond acceptors (Lipinski definition) is 4. The molecular weight excluding hydrogens is 312 g/mol. The molecule has 0 saturated carbocycles.